The van der Waals surface area contributed by atoms with Crippen molar-refractivity contribution in [2.75, 3.05) is 0 Å². The quantitative estimate of drug-likeness (QED) is 0.455. The summed E-state index contributed by atoms with van der Waals surface area (Å²) in [5.41, 5.74) is 11.7. The van der Waals surface area contributed by atoms with Crippen molar-refractivity contribution < 1.29 is 0 Å². The Kier molecular flexibility index (Phi) is 4.18. The second kappa shape index (κ2) is 6.71. The average Bonchev–Trinajstić information content (AvgIpc) is 3.39. The molecule has 0 nitrogen and oxygen atoms in total. The zero-order chi connectivity index (χ0) is 20.5. The van der Waals surface area contributed by atoms with Gasteiger partial charge in [0.05, 0.1) is 0 Å². The minimum Gasteiger partial charge on any atom is -0.0839 e. The first-order chi connectivity index (χ1) is 14.5. The molecule has 4 unspecified atom stereocenters. The highest BCUT2D eigenvalue weighted by Crippen LogP contribution is 2.58. The van der Waals surface area contributed by atoms with Crippen LogP contribution in [0, 0.1) is 29.1 Å². The molecule has 5 aliphatic carbocycles. The molecule has 0 heterocycles. The molecule has 0 amide bonds. The predicted octanol–water partition coefficient (Wildman–Crippen LogP) is 7.85. The highest BCUT2D eigenvalue weighted by molar-refractivity contribution is 5.91. The van der Waals surface area contributed by atoms with Gasteiger partial charge in [-0.25, -0.2) is 0 Å². The van der Waals surface area contributed by atoms with Crippen LogP contribution in [0.15, 0.2) is 76.9 Å². The lowest BCUT2D eigenvalue weighted by atomic mass is 9.58. The Morgan fingerprint density at radius 3 is 2.70 bits per heavy atom. The predicted molar refractivity (Wildman–Crippen MR) is 127 cm³/mol. The van der Waals surface area contributed by atoms with E-state index in [4.69, 9.17) is 0 Å². The summed E-state index contributed by atoms with van der Waals surface area (Å²) in [5, 5.41) is 0. The maximum Gasteiger partial charge on any atom is -0.000693 e. The number of hydrogen-bond donors (Lipinski definition) is 0. The van der Waals surface area contributed by atoms with Gasteiger partial charge in [0, 0.05) is 0 Å². The van der Waals surface area contributed by atoms with Crippen LogP contribution < -0.4 is 0 Å². The van der Waals surface area contributed by atoms with E-state index in [0.717, 1.165) is 5.92 Å². The van der Waals surface area contributed by atoms with Crippen molar-refractivity contribution in [3.8, 4) is 0 Å². The third-order valence-corrected chi connectivity index (χ3v) is 8.48. The van der Waals surface area contributed by atoms with Gasteiger partial charge in [0.15, 0.2) is 0 Å². The first kappa shape index (κ1) is 18.7. The van der Waals surface area contributed by atoms with Crippen molar-refractivity contribution in [2.24, 2.45) is 29.1 Å². The van der Waals surface area contributed by atoms with E-state index in [2.05, 4.69) is 75.4 Å². The van der Waals surface area contributed by atoms with Crippen LogP contribution in [-0.4, -0.2) is 0 Å². The zero-order valence-corrected chi connectivity index (χ0v) is 18.7. The van der Waals surface area contributed by atoms with Crippen molar-refractivity contribution in [2.45, 2.75) is 59.3 Å². The Hall–Kier alpha value is -2.08. The fourth-order valence-corrected chi connectivity index (χ4v) is 7.08. The van der Waals surface area contributed by atoms with Crippen molar-refractivity contribution in [1.29, 1.82) is 0 Å². The number of fused-ring (bicyclic) bond motifs is 6. The number of benzene rings is 1. The third kappa shape index (κ3) is 2.72. The van der Waals surface area contributed by atoms with E-state index in [1.807, 2.05) is 5.57 Å². The van der Waals surface area contributed by atoms with Gasteiger partial charge in [0.1, 0.15) is 0 Å². The standard InChI is InChI=1S/C30H34/c1-30(2,3)21-16-15-20(17-21)23-13-8-14-26-28(23)25-12-7-6-11-24(25)27-18-19-9-4-5-10-22(19)29(26)27/h4-5,8-10,14-17,20,23,25,28H,6-7,11-13,18H2,1-3H3. The summed E-state index contributed by atoms with van der Waals surface area (Å²) >= 11 is 0. The molecule has 1 aromatic rings. The molecule has 30 heavy (non-hydrogen) atoms. The zero-order valence-electron chi connectivity index (χ0n) is 18.7. The molecule has 4 atom stereocenters. The molecule has 0 saturated heterocycles. The Morgan fingerprint density at radius 2 is 1.87 bits per heavy atom. The summed E-state index contributed by atoms with van der Waals surface area (Å²) in [7, 11) is 0. The number of hydrogen-bond acceptors (Lipinski definition) is 0. The molecule has 0 aliphatic heterocycles. The summed E-state index contributed by atoms with van der Waals surface area (Å²) in [6.07, 6.45) is 20.5. The molecule has 0 heteroatoms. The lowest BCUT2D eigenvalue weighted by Crippen LogP contribution is -2.36. The third-order valence-electron chi connectivity index (χ3n) is 8.48. The summed E-state index contributed by atoms with van der Waals surface area (Å²) < 4.78 is 0. The number of rotatable bonds is 1. The monoisotopic (exact) mass is 394 g/mol. The largest absolute Gasteiger partial charge is 0.0839 e. The molecule has 5 aliphatic rings. The smallest absolute Gasteiger partial charge is 0.000693 e. The van der Waals surface area contributed by atoms with E-state index in [9.17, 15) is 0 Å². The van der Waals surface area contributed by atoms with Crippen LogP contribution in [0.3, 0.4) is 0 Å². The second-order valence-corrected chi connectivity index (χ2v) is 11.2. The molecule has 0 bridgehead atoms. The van der Waals surface area contributed by atoms with Gasteiger partial charge >= 0.3 is 0 Å². The van der Waals surface area contributed by atoms with E-state index in [-0.39, 0.29) is 5.41 Å². The van der Waals surface area contributed by atoms with Gasteiger partial charge in [0.25, 0.3) is 0 Å². The molecular weight excluding hydrogens is 360 g/mol. The topological polar surface area (TPSA) is 0 Å². The van der Waals surface area contributed by atoms with Gasteiger partial charge in [-0.1, -0.05) is 87.4 Å². The van der Waals surface area contributed by atoms with Crippen LogP contribution in [0.25, 0.3) is 5.57 Å². The van der Waals surface area contributed by atoms with E-state index < -0.39 is 0 Å². The van der Waals surface area contributed by atoms with Crippen molar-refractivity contribution in [3.05, 3.63) is 88.1 Å². The van der Waals surface area contributed by atoms with E-state index in [0.29, 0.717) is 17.8 Å². The Labute approximate surface area is 182 Å². The van der Waals surface area contributed by atoms with Crippen molar-refractivity contribution in [3.63, 3.8) is 0 Å². The maximum absolute atomic E-state index is 2.61. The second-order valence-electron chi connectivity index (χ2n) is 11.2. The van der Waals surface area contributed by atoms with Crippen molar-refractivity contribution in [1.82, 2.24) is 0 Å². The minimum absolute atomic E-state index is 0.247. The van der Waals surface area contributed by atoms with Gasteiger partial charge in [-0.15, -0.1) is 0 Å². The molecule has 1 saturated carbocycles. The van der Waals surface area contributed by atoms with Crippen LogP contribution in [-0.2, 0) is 6.42 Å². The van der Waals surface area contributed by atoms with Crippen LogP contribution in [0.4, 0.5) is 0 Å². The molecular formula is C30H34. The Balaban J connectivity index is 1.49. The van der Waals surface area contributed by atoms with Crippen LogP contribution in [0.5, 0.6) is 0 Å². The summed E-state index contributed by atoms with van der Waals surface area (Å²) in [4.78, 5) is 0. The van der Waals surface area contributed by atoms with Gasteiger partial charge in [0.2, 0.25) is 0 Å². The Morgan fingerprint density at radius 1 is 1.00 bits per heavy atom. The minimum atomic E-state index is 0.247. The number of allylic oxidation sites excluding steroid dienone is 10. The fourth-order valence-electron chi connectivity index (χ4n) is 7.08. The molecule has 0 aromatic heterocycles. The SMILES string of the molecule is CC(C)(C)C1=CC(C2CC=CC3=C4C(=C5CCCCC5C32)Cc2ccccc24)C=C1. The van der Waals surface area contributed by atoms with Gasteiger partial charge in [-0.05, 0) is 94.6 Å². The molecule has 1 fully saturated rings. The van der Waals surface area contributed by atoms with Gasteiger partial charge in [-0.2, -0.15) is 0 Å². The molecule has 154 valence electrons. The fraction of sp³-hybridized carbons (Fsp3) is 0.467. The summed E-state index contributed by atoms with van der Waals surface area (Å²) in [5.74, 6) is 2.77. The first-order valence-corrected chi connectivity index (χ1v) is 12.1. The Bertz CT molecular complexity index is 1050. The highest BCUT2D eigenvalue weighted by atomic mass is 14.5. The lowest BCUT2D eigenvalue weighted by Gasteiger charge is -2.46. The lowest BCUT2D eigenvalue weighted by molar-refractivity contribution is 0.228. The normalized spacial score (nSPS) is 32.0. The van der Waals surface area contributed by atoms with Gasteiger partial charge < -0.3 is 0 Å². The van der Waals surface area contributed by atoms with E-state index in [1.54, 1.807) is 22.3 Å². The van der Waals surface area contributed by atoms with Crippen LogP contribution >= 0.6 is 0 Å². The summed E-state index contributed by atoms with van der Waals surface area (Å²) in [6.45, 7) is 7.05. The van der Waals surface area contributed by atoms with E-state index >= 15 is 0 Å². The van der Waals surface area contributed by atoms with Gasteiger partial charge in [-0.3, -0.25) is 0 Å². The molecule has 0 radical (unpaired) electrons. The highest BCUT2D eigenvalue weighted by Gasteiger charge is 2.45. The summed E-state index contributed by atoms with van der Waals surface area (Å²) in [6, 6.07) is 9.22. The van der Waals surface area contributed by atoms with Crippen molar-refractivity contribution >= 4 is 5.57 Å². The average molecular weight is 395 g/mol. The van der Waals surface area contributed by atoms with Crippen LogP contribution in [0.2, 0.25) is 0 Å². The molecule has 0 N–H and O–H groups in total. The molecule has 0 spiro atoms. The maximum atomic E-state index is 2.61. The molecule has 6 rings (SSSR count). The van der Waals surface area contributed by atoms with E-state index in [1.165, 1.54) is 49.7 Å². The molecule has 1 aromatic carbocycles. The van der Waals surface area contributed by atoms with Crippen LogP contribution in [0.1, 0.15) is 64.0 Å². The first-order valence-electron chi connectivity index (χ1n) is 12.1.